The highest BCUT2D eigenvalue weighted by atomic mass is 16.5. The monoisotopic (exact) mass is 410 g/mol. The molecule has 3 aromatic rings. The Labute approximate surface area is 172 Å². The third-order valence-electron chi connectivity index (χ3n) is 4.30. The maximum atomic E-state index is 11.8. The van der Waals surface area contributed by atoms with Gasteiger partial charge in [0, 0.05) is 23.2 Å². The minimum absolute atomic E-state index is 0.0186. The molecule has 6 N–H and O–H groups in total. The number of nitrogens with two attached hydrogens (primary N) is 2. The van der Waals surface area contributed by atoms with Gasteiger partial charge in [0.05, 0.1) is 0 Å². The highest BCUT2D eigenvalue weighted by Crippen LogP contribution is 2.22. The van der Waals surface area contributed by atoms with Crippen LogP contribution in [0.15, 0.2) is 36.5 Å². The van der Waals surface area contributed by atoms with Crippen molar-refractivity contribution in [3.63, 3.8) is 0 Å². The number of primary amides is 2. The number of hydrogen-bond donors (Lipinski definition) is 4. The molecule has 11 heteroatoms. The summed E-state index contributed by atoms with van der Waals surface area (Å²) < 4.78 is 0.751. The van der Waals surface area contributed by atoms with Gasteiger partial charge in [-0.05, 0) is 30.5 Å². The summed E-state index contributed by atoms with van der Waals surface area (Å²) in [4.78, 5) is 27.7. The average molecular weight is 410 g/mol. The maximum Gasteiger partial charge on any atom is 0.273 e. The summed E-state index contributed by atoms with van der Waals surface area (Å²) in [6, 6.07) is 7.71. The molecule has 0 radical (unpaired) electrons. The molecular weight excluding hydrogens is 388 g/mol. The SMILES string of the molecule is CC(C)C[C@@H](Nc1nnc(C(N)=O)c(Nc2ccc3c(ccc[n+]3[O-])c2)n1)C(N)=O. The van der Waals surface area contributed by atoms with Crippen molar-refractivity contribution >= 4 is 40.2 Å². The van der Waals surface area contributed by atoms with Crippen LogP contribution in [-0.4, -0.2) is 33.0 Å². The van der Waals surface area contributed by atoms with E-state index in [2.05, 4.69) is 25.8 Å². The Bertz CT molecular complexity index is 1100. The Hall–Kier alpha value is -4.02. The molecule has 156 valence electrons. The minimum Gasteiger partial charge on any atom is -0.618 e. The molecule has 2 amide bonds. The number of benzene rings is 1. The summed E-state index contributed by atoms with van der Waals surface area (Å²) in [5.74, 6) is -1.10. The van der Waals surface area contributed by atoms with E-state index in [0.717, 1.165) is 4.73 Å². The lowest BCUT2D eigenvalue weighted by atomic mass is 10.0. The molecule has 0 aliphatic rings. The van der Waals surface area contributed by atoms with E-state index in [4.69, 9.17) is 11.5 Å². The Morgan fingerprint density at radius 3 is 2.63 bits per heavy atom. The zero-order valence-electron chi connectivity index (χ0n) is 16.5. The summed E-state index contributed by atoms with van der Waals surface area (Å²) in [7, 11) is 0. The van der Waals surface area contributed by atoms with Gasteiger partial charge in [-0.2, -0.15) is 9.71 Å². The van der Waals surface area contributed by atoms with Crippen molar-refractivity contribution in [3.05, 3.63) is 47.4 Å². The van der Waals surface area contributed by atoms with E-state index in [0.29, 0.717) is 23.0 Å². The lowest BCUT2D eigenvalue weighted by Crippen LogP contribution is -2.37. The molecule has 0 spiro atoms. The van der Waals surface area contributed by atoms with Crippen molar-refractivity contribution in [3.8, 4) is 0 Å². The van der Waals surface area contributed by atoms with Crippen LogP contribution >= 0.6 is 0 Å². The van der Waals surface area contributed by atoms with Gasteiger partial charge >= 0.3 is 0 Å². The van der Waals surface area contributed by atoms with E-state index >= 15 is 0 Å². The summed E-state index contributed by atoms with van der Waals surface area (Å²) in [6.07, 6.45) is 1.87. The number of amides is 2. The van der Waals surface area contributed by atoms with Gasteiger partial charge in [0.2, 0.25) is 17.4 Å². The maximum absolute atomic E-state index is 11.8. The van der Waals surface area contributed by atoms with Crippen molar-refractivity contribution < 1.29 is 14.3 Å². The van der Waals surface area contributed by atoms with Gasteiger partial charge in [0.25, 0.3) is 5.91 Å². The first-order valence-electron chi connectivity index (χ1n) is 9.24. The molecule has 0 aliphatic carbocycles. The molecule has 3 rings (SSSR count). The van der Waals surface area contributed by atoms with Gasteiger partial charge in [-0.15, -0.1) is 10.2 Å². The van der Waals surface area contributed by atoms with Crippen LogP contribution in [0.4, 0.5) is 17.5 Å². The summed E-state index contributed by atoms with van der Waals surface area (Å²) >= 11 is 0. The molecule has 2 heterocycles. The minimum atomic E-state index is -0.823. The van der Waals surface area contributed by atoms with E-state index in [9.17, 15) is 14.8 Å². The van der Waals surface area contributed by atoms with Crippen LogP contribution in [0.2, 0.25) is 0 Å². The van der Waals surface area contributed by atoms with Crippen LogP contribution in [0, 0.1) is 11.1 Å². The largest absolute Gasteiger partial charge is 0.618 e. The zero-order chi connectivity index (χ0) is 21.8. The predicted octanol–water partition coefficient (Wildman–Crippen LogP) is 0.813. The normalized spacial score (nSPS) is 12.0. The molecule has 0 unspecified atom stereocenters. The second-order valence-corrected chi connectivity index (χ2v) is 7.16. The number of pyridine rings is 1. The lowest BCUT2D eigenvalue weighted by Gasteiger charge is -2.17. The molecular formula is C19H22N8O3. The predicted molar refractivity (Wildman–Crippen MR) is 111 cm³/mol. The first-order chi connectivity index (χ1) is 14.2. The number of carbonyl (C=O) groups is 2. The van der Waals surface area contributed by atoms with Gasteiger partial charge in [-0.1, -0.05) is 13.8 Å². The summed E-state index contributed by atoms with van der Waals surface area (Å²) in [5, 5.41) is 26.0. The van der Waals surface area contributed by atoms with Crippen LogP contribution in [0.25, 0.3) is 10.9 Å². The number of nitrogens with one attached hydrogen (secondary N) is 2. The quantitative estimate of drug-likeness (QED) is 0.311. The van der Waals surface area contributed by atoms with Gasteiger partial charge in [-0.25, -0.2) is 0 Å². The van der Waals surface area contributed by atoms with Gasteiger partial charge < -0.3 is 27.3 Å². The van der Waals surface area contributed by atoms with E-state index in [1.54, 1.807) is 30.3 Å². The van der Waals surface area contributed by atoms with Crippen LogP contribution in [-0.2, 0) is 4.79 Å². The van der Waals surface area contributed by atoms with Crippen molar-refractivity contribution in [2.45, 2.75) is 26.3 Å². The average Bonchev–Trinajstić information content (AvgIpc) is 2.67. The smallest absolute Gasteiger partial charge is 0.273 e. The van der Waals surface area contributed by atoms with Crippen LogP contribution in [0.3, 0.4) is 0 Å². The van der Waals surface area contributed by atoms with Crippen LogP contribution in [0.5, 0.6) is 0 Å². The first-order valence-corrected chi connectivity index (χ1v) is 9.24. The van der Waals surface area contributed by atoms with Crippen molar-refractivity contribution in [2.24, 2.45) is 17.4 Å². The fourth-order valence-electron chi connectivity index (χ4n) is 2.92. The van der Waals surface area contributed by atoms with E-state index in [-0.39, 0.29) is 23.4 Å². The standard InChI is InChI=1S/C19H22N8O3/c1-10(2)8-13(16(20)28)23-19-24-18(15(17(21)29)25-26-19)22-12-5-6-14-11(9-12)4-3-7-27(14)30/h3-7,9-10,13H,8H2,1-2H3,(H2,20,28)(H2,21,29)(H2,22,23,24,26)/t13-/m1/s1. The lowest BCUT2D eigenvalue weighted by molar-refractivity contribution is -0.577. The molecule has 1 aromatic carbocycles. The number of carbonyl (C=O) groups excluding carboxylic acids is 2. The summed E-state index contributed by atoms with van der Waals surface area (Å²) in [6.45, 7) is 3.90. The van der Waals surface area contributed by atoms with E-state index < -0.39 is 17.9 Å². The van der Waals surface area contributed by atoms with E-state index in [1.807, 2.05) is 13.8 Å². The highest BCUT2D eigenvalue weighted by Gasteiger charge is 2.20. The third kappa shape index (κ3) is 4.69. The van der Waals surface area contributed by atoms with Crippen LogP contribution < -0.4 is 26.8 Å². The fourth-order valence-corrected chi connectivity index (χ4v) is 2.92. The van der Waals surface area contributed by atoms with Crippen molar-refractivity contribution in [2.75, 3.05) is 10.6 Å². The Morgan fingerprint density at radius 2 is 1.97 bits per heavy atom. The molecule has 0 fully saturated rings. The first kappa shape index (κ1) is 20.7. The molecule has 2 aromatic heterocycles. The van der Waals surface area contributed by atoms with Gasteiger partial charge in [0.15, 0.2) is 17.7 Å². The molecule has 1 atom stereocenters. The van der Waals surface area contributed by atoms with Crippen molar-refractivity contribution in [1.29, 1.82) is 0 Å². The van der Waals surface area contributed by atoms with Gasteiger partial charge in [0.1, 0.15) is 6.04 Å². The fraction of sp³-hybridized carbons (Fsp3) is 0.263. The molecule has 30 heavy (non-hydrogen) atoms. The number of nitrogens with zero attached hydrogens (tertiary/aromatic N) is 4. The topological polar surface area (TPSA) is 176 Å². The Kier molecular flexibility index (Phi) is 5.90. The number of anilines is 3. The number of hydrogen-bond acceptors (Lipinski definition) is 8. The van der Waals surface area contributed by atoms with Gasteiger partial charge in [-0.3, -0.25) is 9.59 Å². The van der Waals surface area contributed by atoms with Crippen LogP contribution in [0.1, 0.15) is 30.8 Å². The third-order valence-corrected chi connectivity index (χ3v) is 4.30. The number of fused-ring (bicyclic) bond motifs is 1. The molecule has 0 saturated carbocycles. The Balaban J connectivity index is 1.93. The number of rotatable bonds is 8. The molecule has 11 nitrogen and oxygen atoms in total. The molecule has 0 saturated heterocycles. The Morgan fingerprint density at radius 1 is 1.20 bits per heavy atom. The highest BCUT2D eigenvalue weighted by molar-refractivity contribution is 5.96. The number of aromatic nitrogens is 4. The van der Waals surface area contributed by atoms with E-state index in [1.165, 1.54) is 6.20 Å². The molecule has 0 bridgehead atoms. The summed E-state index contributed by atoms with van der Waals surface area (Å²) in [5.41, 5.74) is 11.7. The zero-order valence-corrected chi connectivity index (χ0v) is 16.5. The second-order valence-electron chi connectivity index (χ2n) is 7.16. The van der Waals surface area contributed by atoms with Crippen molar-refractivity contribution in [1.82, 2.24) is 15.2 Å². The molecule has 0 aliphatic heterocycles. The second kappa shape index (κ2) is 8.55.